The van der Waals surface area contributed by atoms with Gasteiger partial charge in [-0.25, -0.2) is 24.9 Å². The summed E-state index contributed by atoms with van der Waals surface area (Å²) in [6, 6.07) is 66.2. The van der Waals surface area contributed by atoms with Crippen molar-refractivity contribution in [3.05, 3.63) is 272 Å². The number of nitrogens with zero attached hydrogens (tertiary/aromatic N) is 6. The molecular weight excluding hydrogens is 1500 g/mol. The first kappa shape index (κ1) is 92.8. The molecule has 8 aromatic carbocycles. The number of unbranched alkanes of at least 4 members (excludes halogenated alkanes) is 11. The number of aliphatic imine (C=N–C) groups is 1. The molecule has 0 aliphatic carbocycles. The van der Waals surface area contributed by atoms with E-state index in [1.165, 1.54) is 131 Å². The Morgan fingerprint density at radius 2 is 0.653 bits per heavy atom. The van der Waals surface area contributed by atoms with Crippen molar-refractivity contribution in [2.45, 2.75) is 227 Å². The highest BCUT2D eigenvalue weighted by atomic mass is 16.1. The highest BCUT2D eigenvalue weighted by molar-refractivity contribution is 5.97. The molecule has 0 aliphatic heterocycles. The Hall–Kier alpha value is -12.1. The molecule has 0 aliphatic rings. The van der Waals surface area contributed by atoms with Gasteiger partial charge in [0.2, 0.25) is 11.8 Å². The number of guanidine groups is 1. The maximum absolute atomic E-state index is 11.4. The summed E-state index contributed by atoms with van der Waals surface area (Å²) in [7, 11) is 0. The number of hydrogen-bond acceptors (Lipinski definition) is 15. The second-order valence-corrected chi connectivity index (χ2v) is 31.6. The zero-order chi connectivity index (χ0) is 86.4. The molecule has 0 fully saturated rings. The Kier molecular flexibility index (Phi) is 37.5. The number of nitrogens with two attached hydrogens (primary N) is 11. The number of pyridine rings is 5. The summed E-state index contributed by atoms with van der Waals surface area (Å²) in [5.74, 6) is 2.77. The van der Waals surface area contributed by atoms with Gasteiger partial charge in [-0.1, -0.05) is 214 Å². The predicted octanol–water partition coefficient (Wildman–Crippen LogP) is 20.0. The van der Waals surface area contributed by atoms with Crippen LogP contribution in [0.3, 0.4) is 0 Å². The molecule has 0 saturated carbocycles. The van der Waals surface area contributed by atoms with E-state index in [4.69, 9.17) is 63.1 Å². The summed E-state index contributed by atoms with van der Waals surface area (Å²) in [4.78, 5) is 49.4. The van der Waals surface area contributed by atoms with Gasteiger partial charge in [0.1, 0.15) is 29.1 Å². The summed E-state index contributed by atoms with van der Waals surface area (Å²) < 4.78 is 0. The summed E-state index contributed by atoms with van der Waals surface area (Å²) in [6.07, 6.45) is 29.3. The van der Waals surface area contributed by atoms with Crippen molar-refractivity contribution in [1.82, 2.24) is 24.9 Å². The number of rotatable bonds is 37. The number of nitrogen functional groups attached to an aromatic ring is 5. The number of aryl methyl sites for hydroxylation is 7. The molecule has 0 atom stereocenters. The number of aromatic nitrogens is 5. The van der Waals surface area contributed by atoms with E-state index in [-0.39, 0.29) is 11.9 Å². The van der Waals surface area contributed by atoms with E-state index < -0.39 is 5.91 Å². The molecule has 5 aromatic heterocycles. The summed E-state index contributed by atoms with van der Waals surface area (Å²) >= 11 is 0. The lowest BCUT2D eigenvalue weighted by Crippen LogP contribution is -2.22. The van der Waals surface area contributed by atoms with E-state index in [2.05, 4.69) is 180 Å². The fourth-order valence-electron chi connectivity index (χ4n) is 15.5. The quantitative estimate of drug-likeness (QED) is 0.00979. The fourth-order valence-corrected chi connectivity index (χ4v) is 15.5. The molecule has 0 spiro atoms. The lowest BCUT2D eigenvalue weighted by molar-refractivity contribution is -0.118. The van der Waals surface area contributed by atoms with Crippen LogP contribution in [0, 0.1) is 0 Å². The minimum atomic E-state index is -0.405. The third kappa shape index (κ3) is 28.0. The third-order valence-corrected chi connectivity index (χ3v) is 22.3. The van der Waals surface area contributed by atoms with Crippen molar-refractivity contribution >= 4 is 101 Å². The van der Waals surface area contributed by atoms with Crippen LogP contribution in [0.1, 0.15) is 239 Å². The van der Waals surface area contributed by atoms with Crippen LogP contribution < -0.4 is 63.1 Å². The Morgan fingerprint density at radius 3 is 1.07 bits per heavy atom. The van der Waals surface area contributed by atoms with E-state index in [1.54, 1.807) is 6.07 Å². The first-order valence-electron chi connectivity index (χ1n) is 43.9. The van der Waals surface area contributed by atoms with Crippen molar-refractivity contribution in [2.24, 2.45) is 39.4 Å². The van der Waals surface area contributed by atoms with Gasteiger partial charge in [-0.2, -0.15) is 0 Å². The zero-order valence-electron chi connectivity index (χ0n) is 72.2. The second kappa shape index (κ2) is 48.9. The largest absolute Gasteiger partial charge is 0.383 e. The summed E-state index contributed by atoms with van der Waals surface area (Å²) in [5, 5.41) is 5.85. The van der Waals surface area contributed by atoms with Crippen LogP contribution in [0.2, 0.25) is 0 Å². The van der Waals surface area contributed by atoms with Crippen LogP contribution in [0.5, 0.6) is 0 Å². The van der Waals surface area contributed by atoms with Gasteiger partial charge >= 0.3 is 0 Å². The highest BCUT2D eigenvalue weighted by Crippen LogP contribution is 2.34. The molecule has 2 amide bonds. The van der Waals surface area contributed by atoms with Gasteiger partial charge < -0.3 is 63.1 Å². The predicted molar refractivity (Wildman–Crippen MR) is 511 cm³/mol. The number of carbonyl (C=O) groups excluding carboxylic acids is 2. The van der Waals surface area contributed by atoms with Gasteiger partial charge in [0.15, 0.2) is 5.96 Å². The fraction of sp³-hybridized carbons (Fsp3) is 0.353. The van der Waals surface area contributed by atoms with Gasteiger partial charge in [-0.05, 0) is 271 Å². The van der Waals surface area contributed by atoms with Crippen LogP contribution in [0.15, 0.2) is 199 Å². The van der Waals surface area contributed by atoms with Gasteiger partial charge in [0.05, 0.1) is 27.6 Å². The lowest BCUT2D eigenvalue weighted by atomic mass is 9.95. The van der Waals surface area contributed by atoms with E-state index in [9.17, 15) is 9.59 Å². The molecule has 0 unspecified atom stereocenters. The van der Waals surface area contributed by atoms with Crippen molar-refractivity contribution in [3.8, 4) is 11.1 Å². The van der Waals surface area contributed by atoms with E-state index >= 15 is 0 Å². The number of anilines is 5. The van der Waals surface area contributed by atoms with Crippen LogP contribution in [-0.2, 0) is 75.7 Å². The first-order valence-corrected chi connectivity index (χ1v) is 43.9. The maximum Gasteiger partial charge on any atom is 0.248 e. The van der Waals surface area contributed by atoms with Gasteiger partial charge in [-0.15, -0.1) is 0 Å². The minimum Gasteiger partial charge on any atom is -0.383 e. The highest BCUT2D eigenvalue weighted by Gasteiger charge is 2.16. The molecule has 13 rings (SSSR count). The third-order valence-electron chi connectivity index (χ3n) is 22.3. The van der Waals surface area contributed by atoms with Crippen LogP contribution in [0.25, 0.3) is 65.6 Å². The number of carbonyl (C=O) groups is 2. The van der Waals surface area contributed by atoms with Crippen LogP contribution >= 0.6 is 0 Å². The van der Waals surface area contributed by atoms with Gasteiger partial charge in [0, 0.05) is 58.5 Å². The van der Waals surface area contributed by atoms with Crippen molar-refractivity contribution in [1.29, 1.82) is 0 Å². The van der Waals surface area contributed by atoms with Crippen molar-refractivity contribution in [2.75, 3.05) is 35.2 Å². The number of primary amides is 2. The van der Waals surface area contributed by atoms with Crippen molar-refractivity contribution in [3.63, 3.8) is 0 Å². The number of hydrogen-bond donors (Lipinski definition) is 11. The molecule has 19 nitrogen and oxygen atoms in total. The van der Waals surface area contributed by atoms with E-state index in [0.29, 0.717) is 60.7 Å². The Balaban J connectivity index is 0.000000172. The zero-order valence-corrected chi connectivity index (χ0v) is 72.2. The number of fused-ring (bicyclic) bond motifs is 5. The average Bonchev–Trinajstić information content (AvgIpc) is 0.800. The average molecular weight is 1630 g/mol. The normalized spacial score (nSPS) is 11.0. The number of benzene rings is 8. The molecule has 636 valence electrons. The summed E-state index contributed by atoms with van der Waals surface area (Å²) in [5.41, 5.74) is 86.8. The van der Waals surface area contributed by atoms with E-state index in [0.717, 1.165) is 181 Å². The standard InChI is InChI=1S/C22H25N3O.C22H27N3.C21H25N3.C19H29N5.C18H25N3O/c1-2-3-4-8-17-14-19-16(9-6-11-20(19)25-21(17)23)12-15-7-5-10-18(13-15)22(24)26;1-2-3-4-9-18-14-20-17(11-7-12-21(20)25-22(18)24)13-16-8-5-6-10-19(16)15-23;1-2-3-4-8-17-13-19-18(10-6-11-20(19)24-21(17)23)16-9-5-7-15(12-16)14-22;1-2-3-4-9-15-13-16-14(8-5-6-12-23-19(21)22)10-7-11-17(16)24-18(15)20;1-2-3-4-7-14-12-15-13(9-6-11-17(19)22)8-5-10-16(15)21-18(14)20/h5-7,9-11,13-14H,2-4,8,12H2,1H3,(H2,23,25)(H2,24,26);5-8,10-12,14H,2-4,9,13,15,23H2,1H3,(H2,24,25);5-7,9-13H,2-4,8,14,22H2,1H3,(H2,23,24);7,10-11,13H,2-6,8-9,12H2,1H3,(H2,20,24)(H4,21,22,23);5,8,10,12H,2-4,6-7,9,11H2,1H3,(H2,19,22)(H2,20,21). The molecule has 22 N–H and O–H groups in total. The number of amides is 2. The molecule has 13 aromatic rings. The molecule has 121 heavy (non-hydrogen) atoms. The van der Waals surface area contributed by atoms with Crippen LogP contribution in [0.4, 0.5) is 29.1 Å². The van der Waals surface area contributed by atoms with Gasteiger partial charge in [-0.3, -0.25) is 14.6 Å². The monoisotopic (exact) mass is 1630 g/mol. The Labute approximate surface area is 717 Å². The lowest BCUT2D eigenvalue weighted by Gasteiger charge is -2.12. The molecule has 19 heteroatoms. The van der Waals surface area contributed by atoms with E-state index in [1.807, 2.05) is 72.8 Å². The molecule has 0 saturated heterocycles. The smallest absolute Gasteiger partial charge is 0.248 e. The molecule has 0 bridgehead atoms. The second-order valence-electron chi connectivity index (χ2n) is 31.6. The summed E-state index contributed by atoms with van der Waals surface area (Å²) in [6.45, 7) is 12.8. The van der Waals surface area contributed by atoms with Crippen molar-refractivity contribution < 1.29 is 9.59 Å². The SMILES string of the molecule is CCCCCc1cc2c(-c3cccc(CN)c3)cccc2nc1N.CCCCCc1cc2c(CCCC(N)=O)cccc2nc1N.CCCCCc1cc2c(CCCCN=C(N)N)cccc2nc1N.CCCCCc1cc2c(Cc3cccc(C(N)=O)c3)cccc2nc1N.CCCCCc1cc2c(Cc3ccccc3CN)cccc2nc1N. The topological polar surface area (TPSA) is 397 Å². The Morgan fingerprint density at radius 1 is 0.306 bits per heavy atom. The molecular formula is C102H131N17O2. The minimum absolute atomic E-state index is 0.163. The van der Waals surface area contributed by atoms with Crippen LogP contribution in [-0.4, -0.2) is 49.2 Å². The first-order chi connectivity index (χ1) is 58.8. The van der Waals surface area contributed by atoms with Gasteiger partial charge in [0.25, 0.3) is 0 Å². The molecule has 5 heterocycles. The molecule has 0 radical (unpaired) electrons. The maximum atomic E-state index is 11.4. The Bertz CT molecular complexity index is 5540.